The third-order valence-electron chi connectivity index (χ3n) is 3.56. The van der Waals surface area contributed by atoms with Crippen molar-refractivity contribution in [2.24, 2.45) is 0 Å². The van der Waals surface area contributed by atoms with Crippen molar-refractivity contribution in [1.29, 1.82) is 0 Å². The van der Waals surface area contributed by atoms with Gasteiger partial charge in [0, 0.05) is 22.9 Å². The number of aromatic nitrogens is 2. The topological polar surface area (TPSA) is 29.9 Å². The summed E-state index contributed by atoms with van der Waals surface area (Å²) in [6, 6.07) is 6.33. The third-order valence-corrected chi connectivity index (χ3v) is 4.38. The van der Waals surface area contributed by atoms with Crippen molar-refractivity contribution in [3.63, 3.8) is 0 Å². The average molecular weight is 341 g/mol. The second-order valence-electron chi connectivity index (χ2n) is 4.85. The zero-order chi connectivity index (χ0) is 13.2. The van der Waals surface area contributed by atoms with E-state index >= 15 is 0 Å². The lowest BCUT2D eigenvalue weighted by Gasteiger charge is -2.16. The molecule has 0 atom stereocenters. The Kier molecular flexibility index (Phi) is 3.80. The summed E-state index contributed by atoms with van der Waals surface area (Å²) in [5.74, 6) is 0.868. The second-order valence-corrected chi connectivity index (χ2v) is 6.17. The Labute approximate surface area is 126 Å². The number of nitrogens with zero attached hydrogens (tertiary/aromatic N) is 2. The van der Waals surface area contributed by atoms with E-state index in [4.69, 9.17) is 11.6 Å². The van der Waals surface area contributed by atoms with E-state index in [1.807, 2.05) is 30.6 Å². The van der Waals surface area contributed by atoms with Crippen LogP contribution in [0.1, 0.15) is 31.7 Å². The van der Waals surface area contributed by atoms with Crippen molar-refractivity contribution in [2.45, 2.75) is 31.7 Å². The fraction of sp³-hybridized carbons (Fsp3) is 0.357. The molecule has 0 unspecified atom stereocenters. The van der Waals surface area contributed by atoms with E-state index in [1.54, 1.807) is 0 Å². The van der Waals surface area contributed by atoms with Crippen molar-refractivity contribution in [3.8, 4) is 0 Å². The third kappa shape index (κ3) is 2.79. The minimum absolute atomic E-state index is 0.566. The van der Waals surface area contributed by atoms with Gasteiger partial charge in [0.2, 0.25) is 5.95 Å². The Balaban J connectivity index is 1.87. The summed E-state index contributed by atoms with van der Waals surface area (Å²) in [7, 11) is 0. The number of halogens is 2. The first-order valence-electron chi connectivity index (χ1n) is 6.49. The highest BCUT2D eigenvalue weighted by Gasteiger charge is 2.19. The molecule has 0 saturated heterocycles. The van der Waals surface area contributed by atoms with Crippen LogP contribution in [-0.2, 0) is 0 Å². The number of hydrogen-bond donors (Lipinski definition) is 1. The van der Waals surface area contributed by atoms with Gasteiger partial charge >= 0.3 is 0 Å². The van der Waals surface area contributed by atoms with Gasteiger partial charge < -0.3 is 9.88 Å². The molecule has 1 aromatic carbocycles. The van der Waals surface area contributed by atoms with Crippen LogP contribution in [0.15, 0.2) is 35.1 Å². The molecule has 1 fully saturated rings. The van der Waals surface area contributed by atoms with Crippen LogP contribution in [0.25, 0.3) is 0 Å². The molecule has 0 amide bonds. The molecule has 0 radical (unpaired) electrons. The Bertz CT molecular complexity index is 576. The lowest BCUT2D eigenvalue weighted by Crippen LogP contribution is -2.08. The molecule has 0 spiro atoms. The molecule has 0 bridgehead atoms. The molecule has 5 heteroatoms. The smallest absolute Gasteiger partial charge is 0.207 e. The van der Waals surface area contributed by atoms with Gasteiger partial charge in [0.1, 0.15) is 0 Å². The van der Waals surface area contributed by atoms with Crippen LogP contribution in [0.2, 0.25) is 5.02 Å². The second kappa shape index (κ2) is 5.55. The first-order chi connectivity index (χ1) is 9.24. The summed E-state index contributed by atoms with van der Waals surface area (Å²) in [6.45, 7) is 0. The van der Waals surface area contributed by atoms with Crippen molar-refractivity contribution < 1.29 is 0 Å². The van der Waals surface area contributed by atoms with Gasteiger partial charge in [0.05, 0.1) is 10.7 Å². The van der Waals surface area contributed by atoms with E-state index in [-0.39, 0.29) is 0 Å². The number of benzene rings is 1. The van der Waals surface area contributed by atoms with Gasteiger partial charge in [-0.2, -0.15) is 0 Å². The lowest BCUT2D eigenvalue weighted by molar-refractivity contribution is 0.525. The molecule has 2 aromatic rings. The molecule has 1 aromatic heterocycles. The number of anilines is 2. The molecule has 0 aliphatic heterocycles. The minimum Gasteiger partial charge on any atom is -0.324 e. The molecule has 19 heavy (non-hydrogen) atoms. The maximum atomic E-state index is 6.20. The van der Waals surface area contributed by atoms with E-state index in [0.717, 1.165) is 16.1 Å². The summed E-state index contributed by atoms with van der Waals surface area (Å²) >= 11 is 9.66. The highest BCUT2D eigenvalue weighted by Crippen LogP contribution is 2.33. The van der Waals surface area contributed by atoms with E-state index in [2.05, 4.69) is 30.8 Å². The van der Waals surface area contributed by atoms with Crippen LogP contribution in [0.3, 0.4) is 0 Å². The summed E-state index contributed by atoms with van der Waals surface area (Å²) in [6.07, 6.45) is 8.96. The maximum Gasteiger partial charge on any atom is 0.207 e. The highest BCUT2D eigenvalue weighted by atomic mass is 79.9. The van der Waals surface area contributed by atoms with Crippen LogP contribution in [0.5, 0.6) is 0 Å². The predicted molar refractivity (Wildman–Crippen MR) is 82.2 cm³/mol. The highest BCUT2D eigenvalue weighted by molar-refractivity contribution is 9.10. The summed E-state index contributed by atoms with van der Waals surface area (Å²) in [4.78, 5) is 4.40. The van der Waals surface area contributed by atoms with Crippen LogP contribution < -0.4 is 5.32 Å². The van der Waals surface area contributed by atoms with Gasteiger partial charge in [-0.05, 0) is 31.0 Å². The molecule has 3 rings (SSSR count). The molecule has 1 heterocycles. The summed E-state index contributed by atoms with van der Waals surface area (Å²) in [5.41, 5.74) is 0.876. The fourth-order valence-corrected chi connectivity index (χ4v) is 3.13. The predicted octanol–water partition coefficient (Wildman–Crippen LogP) is 5.16. The number of hydrogen-bond acceptors (Lipinski definition) is 2. The van der Waals surface area contributed by atoms with Gasteiger partial charge in [-0.1, -0.05) is 40.4 Å². The Morgan fingerprint density at radius 3 is 2.89 bits per heavy atom. The molecular formula is C14H15BrClN3. The number of imidazole rings is 1. The standard InChI is InChI=1S/C14H15BrClN3/c15-10-5-6-12(16)13(9-10)18-14-17-7-8-19(14)11-3-1-2-4-11/h5-9,11H,1-4H2,(H,17,18). The van der Waals surface area contributed by atoms with Gasteiger partial charge in [-0.15, -0.1) is 0 Å². The monoisotopic (exact) mass is 339 g/mol. The van der Waals surface area contributed by atoms with Crippen LogP contribution in [0.4, 0.5) is 11.6 Å². The normalized spacial score (nSPS) is 15.9. The Morgan fingerprint density at radius 2 is 2.11 bits per heavy atom. The van der Waals surface area contributed by atoms with Crippen LogP contribution >= 0.6 is 27.5 Å². The first-order valence-corrected chi connectivity index (χ1v) is 7.66. The number of rotatable bonds is 3. The SMILES string of the molecule is Clc1ccc(Br)cc1Nc1nccn1C1CCCC1. The molecular weight excluding hydrogens is 326 g/mol. The molecule has 1 N–H and O–H groups in total. The van der Waals surface area contributed by atoms with Gasteiger partial charge in [0.15, 0.2) is 0 Å². The van der Waals surface area contributed by atoms with Crippen LogP contribution in [-0.4, -0.2) is 9.55 Å². The van der Waals surface area contributed by atoms with Crippen molar-refractivity contribution in [2.75, 3.05) is 5.32 Å². The maximum absolute atomic E-state index is 6.20. The lowest BCUT2D eigenvalue weighted by atomic mass is 10.2. The summed E-state index contributed by atoms with van der Waals surface area (Å²) in [5, 5.41) is 4.03. The van der Waals surface area contributed by atoms with E-state index < -0.39 is 0 Å². The van der Waals surface area contributed by atoms with Crippen molar-refractivity contribution in [3.05, 3.63) is 40.1 Å². The molecule has 1 aliphatic carbocycles. The Morgan fingerprint density at radius 1 is 1.32 bits per heavy atom. The molecule has 1 aliphatic rings. The zero-order valence-corrected chi connectivity index (χ0v) is 12.8. The van der Waals surface area contributed by atoms with Crippen molar-refractivity contribution in [1.82, 2.24) is 9.55 Å². The quantitative estimate of drug-likeness (QED) is 0.836. The fourth-order valence-electron chi connectivity index (χ4n) is 2.60. The van der Waals surface area contributed by atoms with E-state index in [0.29, 0.717) is 11.1 Å². The van der Waals surface area contributed by atoms with E-state index in [1.165, 1.54) is 25.7 Å². The van der Waals surface area contributed by atoms with Gasteiger partial charge in [0.25, 0.3) is 0 Å². The zero-order valence-electron chi connectivity index (χ0n) is 10.4. The largest absolute Gasteiger partial charge is 0.324 e. The van der Waals surface area contributed by atoms with Gasteiger partial charge in [-0.3, -0.25) is 0 Å². The Hall–Kier alpha value is -1.00. The molecule has 1 saturated carbocycles. The number of nitrogens with one attached hydrogen (secondary N) is 1. The first kappa shape index (κ1) is 13.0. The summed E-state index contributed by atoms with van der Waals surface area (Å²) < 4.78 is 3.22. The molecule has 100 valence electrons. The van der Waals surface area contributed by atoms with Gasteiger partial charge in [-0.25, -0.2) is 4.98 Å². The molecule has 3 nitrogen and oxygen atoms in total. The minimum atomic E-state index is 0.566. The average Bonchev–Trinajstić information content (AvgIpc) is 3.03. The van der Waals surface area contributed by atoms with E-state index in [9.17, 15) is 0 Å². The van der Waals surface area contributed by atoms with Crippen molar-refractivity contribution >= 4 is 39.2 Å². The van der Waals surface area contributed by atoms with Crippen LogP contribution in [0, 0.1) is 0 Å².